The largest absolute Gasteiger partial charge is 0.493 e. The first-order valence-corrected chi connectivity index (χ1v) is 8.92. The van der Waals surface area contributed by atoms with Gasteiger partial charge in [-0.1, -0.05) is 30.3 Å². The molecular formula is C22H22N2O4. The summed E-state index contributed by atoms with van der Waals surface area (Å²) in [6.45, 7) is 3.82. The zero-order chi connectivity index (χ0) is 20.1. The molecule has 0 atom stereocenters. The summed E-state index contributed by atoms with van der Waals surface area (Å²) < 4.78 is 16.0. The number of aromatic nitrogens is 2. The molecule has 0 saturated heterocycles. The number of esters is 1. The van der Waals surface area contributed by atoms with Crippen molar-refractivity contribution >= 4 is 5.97 Å². The minimum Gasteiger partial charge on any atom is -0.493 e. The Kier molecular flexibility index (Phi) is 5.89. The zero-order valence-corrected chi connectivity index (χ0v) is 16.4. The molecule has 0 aliphatic heterocycles. The Bertz CT molecular complexity index is 987. The molecule has 0 N–H and O–H groups in total. The first kappa shape index (κ1) is 19.4. The summed E-state index contributed by atoms with van der Waals surface area (Å²) in [5.41, 5.74) is 2.96. The van der Waals surface area contributed by atoms with Crippen LogP contribution < -0.4 is 9.47 Å². The molecule has 1 aromatic heterocycles. The molecule has 0 fully saturated rings. The molecule has 0 saturated carbocycles. The van der Waals surface area contributed by atoms with Gasteiger partial charge in [-0.2, -0.15) is 0 Å². The summed E-state index contributed by atoms with van der Waals surface area (Å²) in [4.78, 5) is 21.9. The number of hydrogen-bond donors (Lipinski definition) is 0. The molecule has 0 aliphatic rings. The molecule has 3 rings (SSSR count). The number of methoxy groups -OCH3 is 2. The first-order chi connectivity index (χ1) is 13.6. The fraction of sp³-hybridized carbons (Fsp3) is 0.227. The van der Waals surface area contributed by atoms with Crippen LogP contribution in [0.3, 0.4) is 0 Å². The number of hydrogen-bond acceptors (Lipinski definition) is 6. The number of ether oxygens (including phenoxy) is 3. The predicted octanol–water partition coefficient (Wildman–Crippen LogP) is 4.31. The highest BCUT2D eigenvalue weighted by atomic mass is 16.5. The molecule has 28 heavy (non-hydrogen) atoms. The Morgan fingerprint density at radius 3 is 2.29 bits per heavy atom. The lowest BCUT2D eigenvalue weighted by Crippen LogP contribution is -2.12. The molecule has 0 bridgehead atoms. The van der Waals surface area contributed by atoms with Crippen molar-refractivity contribution < 1.29 is 19.0 Å². The number of aryl methyl sites for hydroxylation is 1. The molecule has 6 nitrogen and oxygen atoms in total. The van der Waals surface area contributed by atoms with E-state index >= 15 is 0 Å². The zero-order valence-electron chi connectivity index (χ0n) is 16.4. The number of rotatable bonds is 6. The number of carbonyl (C=O) groups is 1. The minimum absolute atomic E-state index is 0.268. The lowest BCUT2D eigenvalue weighted by atomic mass is 10.0. The average molecular weight is 378 g/mol. The summed E-state index contributed by atoms with van der Waals surface area (Å²) in [5, 5.41) is 0. The highest BCUT2D eigenvalue weighted by Crippen LogP contribution is 2.34. The van der Waals surface area contributed by atoms with Gasteiger partial charge in [0.2, 0.25) is 0 Å². The summed E-state index contributed by atoms with van der Waals surface area (Å²) in [6, 6.07) is 15.0. The van der Waals surface area contributed by atoms with Crippen LogP contribution in [-0.2, 0) is 4.74 Å². The number of benzene rings is 2. The first-order valence-electron chi connectivity index (χ1n) is 8.92. The molecule has 0 spiro atoms. The Morgan fingerprint density at radius 1 is 0.929 bits per heavy atom. The van der Waals surface area contributed by atoms with Gasteiger partial charge in [0, 0.05) is 11.1 Å². The molecule has 0 radical (unpaired) electrons. The van der Waals surface area contributed by atoms with Crippen LogP contribution in [0, 0.1) is 6.92 Å². The van der Waals surface area contributed by atoms with Crippen LogP contribution in [0.25, 0.3) is 22.6 Å². The van der Waals surface area contributed by atoms with E-state index in [-0.39, 0.29) is 6.61 Å². The van der Waals surface area contributed by atoms with Crippen molar-refractivity contribution in [3.63, 3.8) is 0 Å². The van der Waals surface area contributed by atoms with Gasteiger partial charge in [-0.3, -0.25) is 0 Å². The van der Waals surface area contributed by atoms with Crippen molar-refractivity contribution in [2.24, 2.45) is 0 Å². The topological polar surface area (TPSA) is 70.5 Å². The van der Waals surface area contributed by atoms with Gasteiger partial charge in [0.25, 0.3) is 0 Å². The smallest absolute Gasteiger partial charge is 0.342 e. The molecule has 0 aliphatic carbocycles. The van der Waals surface area contributed by atoms with Gasteiger partial charge >= 0.3 is 5.97 Å². The molecular weight excluding hydrogens is 356 g/mol. The maximum atomic E-state index is 12.6. The quantitative estimate of drug-likeness (QED) is 0.595. The van der Waals surface area contributed by atoms with Gasteiger partial charge in [0.15, 0.2) is 17.3 Å². The van der Waals surface area contributed by atoms with Gasteiger partial charge in [-0.05, 0) is 32.0 Å². The van der Waals surface area contributed by atoms with Crippen LogP contribution in [0.4, 0.5) is 0 Å². The lowest BCUT2D eigenvalue weighted by Gasteiger charge is -2.14. The van der Waals surface area contributed by atoms with Crippen LogP contribution in [0.5, 0.6) is 11.5 Å². The fourth-order valence-electron chi connectivity index (χ4n) is 2.93. The third-order valence-corrected chi connectivity index (χ3v) is 4.26. The second-order valence-corrected chi connectivity index (χ2v) is 6.01. The lowest BCUT2D eigenvalue weighted by molar-refractivity contribution is 0.0525. The van der Waals surface area contributed by atoms with Gasteiger partial charge < -0.3 is 14.2 Å². The number of carbonyl (C=O) groups excluding carboxylic acids is 1. The second kappa shape index (κ2) is 8.52. The van der Waals surface area contributed by atoms with E-state index in [1.54, 1.807) is 40.2 Å². The van der Waals surface area contributed by atoms with Crippen LogP contribution in [0.15, 0.2) is 48.5 Å². The highest BCUT2D eigenvalue weighted by molar-refractivity contribution is 5.97. The van der Waals surface area contributed by atoms with Gasteiger partial charge in [-0.25, -0.2) is 14.8 Å². The predicted molar refractivity (Wildman–Crippen MR) is 107 cm³/mol. The van der Waals surface area contributed by atoms with E-state index in [0.717, 1.165) is 5.56 Å². The van der Waals surface area contributed by atoms with Crippen molar-refractivity contribution in [1.29, 1.82) is 0 Å². The second-order valence-electron chi connectivity index (χ2n) is 6.01. The molecule has 144 valence electrons. The van der Waals surface area contributed by atoms with Crippen molar-refractivity contribution in [2.45, 2.75) is 13.8 Å². The normalized spacial score (nSPS) is 10.4. The SMILES string of the molecule is CCOC(=O)c1c(C)nc(-c2ccccc2)nc1-c1ccc(OC)c(OC)c1. The Hall–Kier alpha value is -3.41. The van der Waals surface area contributed by atoms with E-state index in [9.17, 15) is 4.79 Å². The fourth-order valence-corrected chi connectivity index (χ4v) is 2.93. The Balaban J connectivity index is 2.24. The average Bonchev–Trinajstić information content (AvgIpc) is 2.73. The van der Waals surface area contributed by atoms with E-state index in [1.165, 1.54) is 0 Å². The molecule has 6 heteroatoms. The van der Waals surface area contributed by atoms with Crippen LogP contribution in [-0.4, -0.2) is 36.8 Å². The van der Waals surface area contributed by atoms with Crippen molar-refractivity contribution in [3.8, 4) is 34.1 Å². The number of nitrogens with zero attached hydrogens (tertiary/aromatic N) is 2. The molecule has 2 aromatic carbocycles. The molecule has 0 unspecified atom stereocenters. The van der Waals surface area contributed by atoms with Gasteiger partial charge in [0.05, 0.1) is 32.2 Å². The van der Waals surface area contributed by atoms with Crippen molar-refractivity contribution in [2.75, 3.05) is 20.8 Å². The Labute approximate surface area is 164 Å². The summed E-state index contributed by atoms with van der Waals surface area (Å²) in [6.07, 6.45) is 0. The van der Waals surface area contributed by atoms with E-state index in [4.69, 9.17) is 19.2 Å². The van der Waals surface area contributed by atoms with Gasteiger partial charge in [0.1, 0.15) is 5.56 Å². The van der Waals surface area contributed by atoms with E-state index < -0.39 is 5.97 Å². The van der Waals surface area contributed by atoms with E-state index in [2.05, 4.69) is 4.98 Å². The van der Waals surface area contributed by atoms with Crippen molar-refractivity contribution in [1.82, 2.24) is 9.97 Å². The van der Waals surface area contributed by atoms with E-state index in [0.29, 0.717) is 39.8 Å². The minimum atomic E-state index is -0.454. The van der Waals surface area contributed by atoms with Crippen LogP contribution in [0.2, 0.25) is 0 Å². The summed E-state index contributed by atoms with van der Waals surface area (Å²) in [7, 11) is 3.14. The molecule has 0 amide bonds. The monoisotopic (exact) mass is 378 g/mol. The highest BCUT2D eigenvalue weighted by Gasteiger charge is 2.22. The maximum Gasteiger partial charge on any atom is 0.342 e. The van der Waals surface area contributed by atoms with E-state index in [1.807, 2.05) is 36.4 Å². The van der Waals surface area contributed by atoms with Crippen LogP contribution in [0.1, 0.15) is 23.0 Å². The summed E-state index contributed by atoms with van der Waals surface area (Å²) in [5.74, 6) is 1.23. The van der Waals surface area contributed by atoms with Gasteiger partial charge in [-0.15, -0.1) is 0 Å². The standard InChI is InChI=1S/C22H22N2O4/c1-5-28-22(25)19-14(2)23-21(15-9-7-6-8-10-15)24-20(19)16-11-12-17(26-3)18(13-16)27-4/h6-13H,5H2,1-4H3. The van der Waals surface area contributed by atoms with Crippen molar-refractivity contribution in [3.05, 3.63) is 59.8 Å². The third kappa shape index (κ3) is 3.81. The Morgan fingerprint density at radius 2 is 1.64 bits per heavy atom. The third-order valence-electron chi connectivity index (χ3n) is 4.26. The molecule has 3 aromatic rings. The summed E-state index contributed by atoms with van der Waals surface area (Å²) >= 11 is 0. The molecule has 1 heterocycles. The van der Waals surface area contributed by atoms with Crippen LogP contribution >= 0.6 is 0 Å². The maximum absolute atomic E-state index is 12.6.